The number of hydrogen-bond donors (Lipinski definition) is 1. The first-order valence-corrected chi connectivity index (χ1v) is 9.92. The SMILES string of the molecule is O=C(O)c1cc2c(Cl)c(N3CCN(Cc4cc(Cl)cc(Cl)c4)CC3)ccc2o1. The number of anilines is 1. The number of nitrogens with zero attached hydrogens (tertiary/aromatic N) is 2. The largest absolute Gasteiger partial charge is 0.475 e. The fourth-order valence-electron chi connectivity index (χ4n) is 3.52. The van der Waals surface area contributed by atoms with Gasteiger partial charge in [-0.2, -0.15) is 0 Å². The lowest BCUT2D eigenvalue weighted by Crippen LogP contribution is -2.46. The number of carbonyl (C=O) groups is 1. The Kier molecular flexibility index (Phi) is 5.43. The minimum absolute atomic E-state index is 0.112. The smallest absolute Gasteiger partial charge is 0.371 e. The van der Waals surface area contributed by atoms with Gasteiger partial charge < -0.3 is 14.4 Å². The van der Waals surface area contributed by atoms with Crippen molar-refractivity contribution in [2.24, 2.45) is 0 Å². The fraction of sp³-hybridized carbons (Fsp3) is 0.250. The Labute approximate surface area is 177 Å². The number of piperazine rings is 1. The van der Waals surface area contributed by atoms with Crippen molar-refractivity contribution in [3.05, 3.63) is 62.8 Å². The standard InChI is InChI=1S/C20H17Cl3N2O3/c21-13-7-12(8-14(22)9-13)11-24-3-5-25(6-4-24)16-1-2-17-15(19(16)23)10-18(28-17)20(26)27/h1-2,7-10H,3-6,11H2,(H,26,27). The van der Waals surface area contributed by atoms with E-state index in [1.54, 1.807) is 12.1 Å². The molecule has 1 aliphatic rings. The van der Waals surface area contributed by atoms with E-state index < -0.39 is 5.97 Å². The minimum atomic E-state index is -1.11. The molecule has 28 heavy (non-hydrogen) atoms. The Morgan fingerprint density at radius 1 is 1.00 bits per heavy atom. The van der Waals surface area contributed by atoms with Gasteiger partial charge in [-0.25, -0.2) is 4.79 Å². The summed E-state index contributed by atoms with van der Waals surface area (Å²) < 4.78 is 5.32. The van der Waals surface area contributed by atoms with E-state index in [1.165, 1.54) is 6.07 Å². The molecule has 1 fully saturated rings. The summed E-state index contributed by atoms with van der Waals surface area (Å²) >= 11 is 18.7. The Hall–Kier alpha value is -1.92. The first-order valence-electron chi connectivity index (χ1n) is 8.78. The average molecular weight is 440 g/mol. The molecule has 8 heteroatoms. The maximum atomic E-state index is 11.1. The summed E-state index contributed by atoms with van der Waals surface area (Å²) in [5.74, 6) is -1.22. The van der Waals surface area contributed by atoms with Gasteiger partial charge in [0.1, 0.15) is 5.58 Å². The highest BCUT2D eigenvalue weighted by atomic mass is 35.5. The zero-order valence-corrected chi connectivity index (χ0v) is 17.1. The molecule has 2 aromatic carbocycles. The number of carboxylic acid groups (broad SMARTS) is 1. The van der Waals surface area contributed by atoms with Crippen molar-refractivity contribution in [1.82, 2.24) is 4.90 Å². The molecular weight excluding hydrogens is 423 g/mol. The lowest BCUT2D eigenvalue weighted by molar-refractivity contribution is 0.0665. The molecule has 0 amide bonds. The molecule has 1 N–H and O–H groups in total. The van der Waals surface area contributed by atoms with Crippen LogP contribution in [-0.4, -0.2) is 42.2 Å². The third-order valence-corrected chi connectivity index (χ3v) is 5.70. The monoisotopic (exact) mass is 438 g/mol. The Balaban J connectivity index is 1.47. The van der Waals surface area contributed by atoms with Crippen molar-refractivity contribution in [1.29, 1.82) is 0 Å². The predicted octanol–water partition coefficient (Wildman–Crippen LogP) is 5.41. The fourth-order valence-corrected chi connectivity index (χ4v) is 4.42. The number of furan rings is 1. The summed E-state index contributed by atoms with van der Waals surface area (Å²) in [5, 5.41) is 11.5. The van der Waals surface area contributed by atoms with E-state index in [4.69, 9.17) is 44.3 Å². The topological polar surface area (TPSA) is 56.9 Å². The number of benzene rings is 2. The third-order valence-electron chi connectivity index (χ3n) is 4.87. The number of hydrogen-bond acceptors (Lipinski definition) is 4. The molecule has 0 atom stereocenters. The molecule has 146 valence electrons. The maximum Gasteiger partial charge on any atom is 0.371 e. The Morgan fingerprint density at radius 2 is 1.68 bits per heavy atom. The number of fused-ring (bicyclic) bond motifs is 1. The molecule has 0 radical (unpaired) electrons. The molecule has 5 nitrogen and oxygen atoms in total. The van der Waals surface area contributed by atoms with Crippen LogP contribution in [0.3, 0.4) is 0 Å². The highest BCUT2D eigenvalue weighted by Gasteiger charge is 2.22. The third kappa shape index (κ3) is 3.94. The van der Waals surface area contributed by atoms with Crippen molar-refractivity contribution in [2.45, 2.75) is 6.54 Å². The molecule has 1 saturated heterocycles. The maximum absolute atomic E-state index is 11.1. The zero-order chi connectivity index (χ0) is 19.8. The summed E-state index contributed by atoms with van der Waals surface area (Å²) in [6, 6.07) is 10.7. The van der Waals surface area contributed by atoms with Gasteiger partial charge in [-0.05, 0) is 35.9 Å². The summed E-state index contributed by atoms with van der Waals surface area (Å²) in [7, 11) is 0. The minimum Gasteiger partial charge on any atom is -0.475 e. The van der Waals surface area contributed by atoms with Crippen molar-refractivity contribution in [2.75, 3.05) is 31.1 Å². The number of aromatic carboxylic acids is 1. The van der Waals surface area contributed by atoms with E-state index in [9.17, 15) is 4.79 Å². The second kappa shape index (κ2) is 7.84. The number of carboxylic acids is 1. The van der Waals surface area contributed by atoms with Gasteiger partial charge in [0, 0.05) is 54.2 Å². The van der Waals surface area contributed by atoms with Crippen LogP contribution in [-0.2, 0) is 6.54 Å². The molecule has 0 bridgehead atoms. The van der Waals surface area contributed by atoms with Crippen LogP contribution in [0.15, 0.2) is 40.8 Å². The molecule has 0 spiro atoms. The second-order valence-electron chi connectivity index (χ2n) is 6.77. The average Bonchev–Trinajstić information content (AvgIpc) is 3.08. The molecule has 0 aliphatic carbocycles. The molecular formula is C20H17Cl3N2O3. The molecule has 4 rings (SSSR count). The van der Waals surface area contributed by atoms with Gasteiger partial charge in [0.25, 0.3) is 0 Å². The van der Waals surface area contributed by atoms with Crippen LogP contribution >= 0.6 is 34.8 Å². The van der Waals surface area contributed by atoms with Crippen molar-refractivity contribution < 1.29 is 14.3 Å². The van der Waals surface area contributed by atoms with E-state index in [2.05, 4.69) is 9.80 Å². The van der Waals surface area contributed by atoms with Gasteiger partial charge in [0.15, 0.2) is 0 Å². The Bertz CT molecular complexity index is 1020. The van der Waals surface area contributed by atoms with Gasteiger partial charge in [-0.1, -0.05) is 34.8 Å². The lowest BCUT2D eigenvalue weighted by Gasteiger charge is -2.36. The predicted molar refractivity (Wildman–Crippen MR) is 112 cm³/mol. The molecule has 0 unspecified atom stereocenters. The van der Waals surface area contributed by atoms with Crippen molar-refractivity contribution in [3.8, 4) is 0 Å². The van der Waals surface area contributed by atoms with Gasteiger partial charge in [-0.3, -0.25) is 4.90 Å². The van der Waals surface area contributed by atoms with Crippen LogP contribution in [0, 0.1) is 0 Å². The first-order chi connectivity index (χ1) is 13.4. The van der Waals surface area contributed by atoms with E-state index in [0.29, 0.717) is 26.0 Å². The van der Waals surface area contributed by atoms with Crippen LogP contribution in [0.25, 0.3) is 11.0 Å². The van der Waals surface area contributed by atoms with Crippen LogP contribution in [0.2, 0.25) is 15.1 Å². The summed E-state index contributed by atoms with van der Waals surface area (Å²) in [6.07, 6.45) is 0. The van der Waals surface area contributed by atoms with Crippen LogP contribution in [0.1, 0.15) is 16.1 Å². The molecule has 0 saturated carbocycles. The van der Waals surface area contributed by atoms with E-state index in [1.807, 2.05) is 18.2 Å². The lowest BCUT2D eigenvalue weighted by atomic mass is 10.1. The highest BCUT2D eigenvalue weighted by Crippen LogP contribution is 2.36. The van der Waals surface area contributed by atoms with E-state index >= 15 is 0 Å². The zero-order valence-electron chi connectivity index (χ0n) is 14.8. The summed E-state index contributed by atoms with van der Waals surface area (Å²) in [6.45, 7) is 4.13. The molecule has 1 aromatic heterocycles. The van der Waals surface area contributed by atoms with Gasteiger partial charge in [-0.15, -0.1) is 0 Å². The van der Waals surface area contributed by atoms with Gasteiger partial charge in [0.05, 0.1) is 10.7 Å². The first kappa shape index (κ1) is 19.4. The second-order valence-corrected chi connectivity index (χ2v) is 8.02. The highest BCUT2D eigenvalue weighted by molar-refractivity contribution is 6.38. The van der Waals surface area contributed by atoms with Crippen molar-refractivity contribution >= 4 is 57.4 Å². The Morgan fingerprint density at radius 3 is 2.32 bits per heavy atom. The van der Waals surface area contributed by atoms with Crippen LogP contribution in [0.4, 0.5) is 5.69 Å². The van der Waals surface area contributed by atoms with Crippen molar-refractivity contribution in [3.63, 3.8) is 0 Å². The molecule has 1 aliphatic heterocycles. The van der Waals surface area contributed by atoms with Gasteiger partial charge in [0.2, 0.25) is 5.76 Å². The van der Waals surface area contributed by atoms with E-state index in [-0.39, 0.29) is 5.76 Å². The summed E-state index contributed by atoms with van der Waals surface area (Å²) in [5.41, 5.74) is 2.45. The number of rotatable bonds is 4. The van der Waals surface area contributed by atoms with Crippen LogP contribution in [0.5, 0.6) is 0 Å². The van der Waals surface area contributed by atoms with E-state index in [0.717, 1.165) is 44.0 Å². The van der Waals surface area contributed by atoms with Gasteiger partial charge >= 0.3 is 5.97 Å². The normalized spacial score (nSPS) is 15.3. The van der Waals surface area contributed by atoms with Crippen LogP contribution < -0.4 is 4.90 Å². The quantitative estimate of drug-likeness (QED) is 0.589. The molecule has 3 aromatic rings. The summed E-state index contributed by atoms with van der Waals surface area (Å²) in [4.78, 5) is 15.7. The molecule has 2 heterocycles. The number of halogens is 3.